The predicted octanol–water partition coefficient (Wildman–Crippen LogP) is 1.55. The number of sulfone groups is 1. The van der Waals surface area contributed by atoms with Crippen molar-refractivity contribution in [2.24, 2.45) is 0 Å². The van der Waals surface area contributed by atoms with Crippen LogP contribution in [0.5, 0.6) is 5.75 Å². The Bertz CT molecular complexity index is 993. The van der Waals surface area contributed by atoms with Gasteiger partial charge >= 0.3 is 5.97 Å². The largest absolute Gasteiger partial charge is 0.497 e. The van der Waals surface area contributed by atoms with Crippen molar-refractivity contribution in [3.05, 3.63) is 29.5 Å². The molecule has 1 fully saturated rings. The van der Waals surface area contributed by atoms with Gasteiger partial charge in [0.15, 0.2) is 16.4 Å². The molecule has 2 aromatic rings. The van der Waals surface area contributed by atoms with Gasteiger partial charge in [0.25, 0.3) is 5.91 Å². The molecule has 1 aromatic heterocycles. The van der Waals surface area contributed by atoms with Crippen LogP contribution in [-0.2, 0) is 19.4 Å². The minimum Gasteiger partial charge on any atom is -0.497 e. The Morgan fingerprint density at radius 3 is 2.70 bits per heavy atom. The highest BCUT2D eigenvalue weighted by Gasteiger charge is 2.33. The third-order valence-electron chi connectivity index (χ3n) is 4.80. The van der Waals surface area contributed by atoms with E-state index in [9.17, 15) is 18.0 Å². The topological polar surface area (TPSA) is 103 Å². The average molecular weight is 395 g/mol. The highest BCUT2D eigenvalue weighted by Crippen LogP contribution is 2.29. The molecule has 3 rings (SSSR count). The summed E-state index contributed by atoms with van der Waals surface area (Å²) < 4.78 is 38.9. The molecule has 0 unspecified atom stereocenters. The van der Waals surface area contributed by atoms with Crippen molar-refractivity contribution < 1.29 is 31.9 Å². The van der Waals surface area contributed by atoms with Crippen molar-refractivity contribution in [2.45, 2.75) is 19.4 Å². The number of furan rings is 1. The Morgan fingerprint density at radius 2 is 2.07 bits per heavy atom. The highest BCUT2D eigenvalue weighted by atomic mass is 32.2. The van der Waals surface area contributed by atoms with Crippen molar-refractivity contribution in [3.63, 3.8) is 0 Å². The quantitative estimate of drug-likeness (QED) is 0.708. The average Bonchev–Trinajstić information content (AvgIpc) is 3.18. The number of benzene rings is 1. The number of fused-ring (bicyclic) bond motifs is 1. The van der Waals surface area contributed by atoms with Crippen LogP contribution >= 0.6 is 0 Å². The van der Waals surface area contributed by atoms with Crippen LogP contribution in [0.4, 0.5) is 0 Å². The molecular formula is C18H21NO7S. The second-order valence-electron chi connectivity index (χ2n) is 6.56. The second-order valence-corrected chi connectivity index (χ2v) is 8.78. The van der Waals surface area contributed by atoms with Crippen LogP contribution in [0, 0.1) is 6.92 Å². The number of methoxy groups -OCH3 is 1. The number of likely N-dealkylation sites (N-methyl/N-ethyl adjacent to an activating group) is 1. The van der Waals surface area contributed by atoms with E-state index in [1.54, 1.807) is 32.2 Å². The molecule has 1 atom stereocenters. The maximum atomic E-state index is 12.3. The van der Waals surface area contributed by atoms with Gasteiger partial charge < -0.3 is 18.8 Å². The Kier molecular flexibility index (Phi) is 5.14. The van der Waals surface area contributed by atoms with Crippen molar-refractivity contribution in [1.82, 2.24) is 4.90 Å². The molecule has 9 heteroatoms. The molecular weight excluding hydrogens is 374 g/mol. The number of carbonyl (C=O) groups excluding carboxylic acids is 2. The molecule has 0 N–H and O–H groups in total. The monoisotopic (exact) mass is 395 g/mol. The first-order valence-electron chi connectivity index (χ1n) is 8.42. The molecule has 2 heterocycles. The fourth-order valence-electron chi connectivity index (χ4n) is 3.10. The van der Waals surface area contributed by atoms with Gasteiger partial charge in [0.05, 0.1) is 18.6 Å². The van der Waals surface area contributed by atoms with Crippen LogP contribution in [0.25, 0.3) is 11.0 Å². The number of hydrogen-bond acceptors (Lipinski definition) is 7. The minimum atomic E-state index is -3.10. The minimum absolute atomic E-state index is 0.0251. The van der Waals surface area contributed by atoms with Gasteiger partial charge in [0.2, 0.25) is 5.76 Å². The zero-order valence-electron chi connectivity index (χ0n) is 15.4. The highest BCUT2D eigenvalue weighted by molar-refractivity contribution is 7.91. The van der Waals surface area contributed by atoms with Crippen LogP contribution < -0.4 is 4.74 Å². The number of aryl methyl sites for hydroxylation is 1. The SMILES string of the molecule is COc1ccc2oc(C(=O)OCC(=O)N(C)[C@H]3CCS(=O)(=O)C3)c(C)c2c1. The lowest BCUT2D eigenvalue weighted by Gasteiger charge is -2.23. The summed E-state index contributed by atoms with van der Waals surface area (Å²) in [6.45, 7) is 1.24. The Balaban J connectivity index is 1.66. The van der Waals surface area contributed by atoms with E-state index in [-0.39, 0.29) is 23.3 Å². The van der Waals surface area contributed by atoms with Gasteiger partial charge in [-0.05, 0) is 31.5 Å². The Labute approximate surface area is 156 Å². The van der Waals surface area contributed by atoms with Crippen molar-refractivity contribution in [2.75, 3.05) is 32.3 Å². The first kappa shape index (κ1) is 19.2. The van der Waals surface area contributed by atoms with E-state index in [0.717, 1.165) is 5.39 Å². The molecule has 27 heavy (non-hydrogen) atoms. The number of amides is 1. The predicted molar refractivity (Wildman–Crippen MR) is 97.6 cm³/mol. The molecule has 1 aromatic carbocycles. The summed E-state index contributed by atoms with van der Waals surface area (Å²) in [6, 6.07) is 4.78. The number of hydrogen-bond donors (Lipinski definition) is 0. The van der Waals surface area contributed by atoms with E-state index >= 15 is 0 Å². The molecule has 0 bridgehead atoms. The molecule has 146 valence electrons. The maximum Gasteiger partial charge on any atom is 0.375 e. The van der Waals surface area contributed by atoms with Gasteiger partial charge in [-0.15, -0.1) is 0 Å². The standard InChI is InChI=1S/C18H21NO7S/c1-11-14-8-13(24-3)4-5-15(14)26-17(11)18(21)25-9-16(20)19(2)12-6-7-27(22,23)10-12/h4-5,8,12H,6-7,9-10H2,1-3H3/t12-/m0/s1. The fourth-order valence-corrected chi connectivity index (χ4v) is 4.88. The van der Waals surface area contributed by atoms with E-state index in [2.05, 4.69) is 0 Å². The number of ether oxygens (including phenoxy) is 2. The van der Waals surface area contributed by atoms with Gasteiger partial charge in [-0.25, -0.2) is 13.2 Å². The van der Waals surface area contributed by atoms with Gasteiger partial charge in [0, 0.05) is 24.0 Å². The van der Waals surface area contributed by atoms with E-state index in [1.807, 2.05) is 0 Å². The van der Waals surface area contributed by atoms with Crippen molar-refractivity contribution in [3.8, 4) is 5.75 Å². The number of rotatable bonds is 5. The summed E-state index contributed by atoms with van der Waals surface area (Å²) in [7, 11) is -0.0420. The molecule has 1 aliphatic rings. The van der Waals surface area contributed by atoms with Crippen LogP contribution in [-0.4, -0.2) is 63.5 Å². The normalized spacial score (nSPS) is 18.4. The molecule has 0 spiro atoms. The van der Waals surface area contributed by atoms with Crippen LogP contribution in [0.3, 0.4) is 0 Å². The summed E-state index contributed by atoms with van der Waals surface area (Å²) >= 11 is 0. The Hall–Kier alpha value is -2.55. The molecule has 0 radical (unpaired) electrons. The number of esters is 1. The maximum absolute atomic E-state index is 12.3. The zero-order chi connectivity index (χ0) is 19.8. The third kappa shape index (κ3) is 3.92. The zero-order valence-corrected chi connectivity index (χ0v) is 16.2. The van der Waals surface area contributed by atoms with E-state index in [1.165, 1.54) is 11.9 Å². The molecule has 1 amide bonds. The number of nitrogens with zero attached hydrogens (tertiary/aromatic N) is 1. The molecule has 1 saturated heterocycles. The molecule has 8 nitrogen and oxygen atoms in total. The van der Waals surface area contributed by atoms with Gasteiger partial charge in [-0.2, -0.15) is 0 Å². The van der Waals surface area contributed by atoms with E-state index in [4.69, 9.17) is 13.9 Å². The summed E-state index contributed by atoms with van der Waals surface area (Å²) in [5, 5.41) is 0.723. The summed E-state index contributed by atoms with van der Waals surface area (Å²) in [4.78, 5) is 25.9. The smallest absolute Gasteiger partial charge is 0.375 e. The van der Waals surface area contributed by atoms with Crippen LogP contribution in [0.2, 0.25) is 0 Å². The molecule has 0 aliphatic carbocycles. The summed E-state index contributed by atoms with van der Waals surface area (Å²) in [5.41, 5.74) is 1.11. The number of carbonyl (C=O) groups is 2. The molecule has 1 aliphatic heterocycles. The first-order chi connectivity index (χ1) is 12.7. The lowest BCUT2D eigenvalue weighted by Crippen LogP contribution is -2.40. The van der Waals surface area contributed by atoms with Crippen LogP contribution in [0.15, 0.2) is 22.6 Å². The lowest BCUT2D eigenvalue weighted by molar-refractivity contribution is -0.134. The van der Waals surface area contributed by atoms with Crippen LogP contribution in [0.1, 0.15) is 22.5 Å². The summed E-state index contributed by atoms with van der Waals surface area (Å²) in [5.74, 6) is -0.541. The first-order valence-corrected chi connectivity index (χ1v) is 10.2. The molecule has 0 saturated carbocycles. The van der Waals surface area contributed by atoms with E-state index in [0.29, 0.717) is 23.3 Å². The van der Waals surface area contributed by atoms with Gasteiger partial charge in [-0.3, -0.25) is 4.79 Å². The van der Waals surface area contributed by atoms with Gasteiger partial charge in [0.1, 0.15) is 11.3 Å². The van der Waals surface area contributed by atoms with Crippen molar-refractivity contribution in [1.29, 1.82) is 0 Å². The summed E-state index contributed by atoms with van der Waals surface area (Å²) in [6.07, 6.45) is 0.392. The lowest BCUT2D eigenvalue weighted by atomic mass is 10.1. The van der Waals surface area contributed by atoms with Crippen molar-refractivity contribution >= 4 is 32.7 Å². The third-order valence-corrected chi connectivity index (χ3v) is 6.56. The fraction of sp³-hybridized carbons (Fsp3) is 0.444. The Morgan fingerprint density at radius 1 is 1.33 bits per heavy atom. The van der Waals surface area contributed by atoms with E-state index < -0.39 is 28.3 Å². The van der Waals surface area contributed by atoms with Gasteiger partial charge in [-0.1, -0.05) is 0 Å². The second kappa shape index (κ2) is 7.22.